The first-order valence-electron chi connectivity index (χ1n) is 4.81. The van der Waals surface area contributed by atoms with Crippen LogP contribution in [0.2, 0.25) is 0 Å². The molecule has 0 saturated carbocycles. The van der Waals surface area contributed by atoms with E-state index < -0.39 is 0 Å². The summed E-state index contributed by atoms with van der Waals surface area (Å²) in [5.74, 6) is 0.320. The zero-order valence-corrected chi connectivity index (χ0v) is 8.84. The van der Waals surface area contributed by atoms with Crippen LogP contribution in [0.3, 0.4) is 0 Å². The molecule has 0 spiro atoms. The van der Waals surface area contributed by atoms with Crippen molar-refractivity contribution in [2.45, 2.75) is 12.8 Å². The lowest BCUT2D eigenvalue weighted by Crippen LogP contribution is -2.01. The molecule has 4 heteroatoms. The molecule has 0 radical (unpaired) electrons. The standard InChI is InChI=1S/C11H10N2OS/c12-11-13-10-8-3-2-7(14)5-6(8)1-4-9(10)15-11/h2-3,5,14H,1,4H2,(H2,12,13). The fourth-order valence-corrected chi connectivity index (χ4v) is 2.86. The minimum atomic E-state index is 0.320. The molecule has 0 amide bonds. The van der Waals surface area contributed by atoms with Crippen LogP contribution in [0.15, 0.2) is 18.2 Å². The molecule has 0 bridgehead atoms. The number of phenolic OH excluding ortho intramolecular Hbond substituents is 1. The van der Waals surface area contributed by atoms with E-state index in [1.165, 1.54) is 4.88 Å². The number of nitrogen functional groups attached to an aromatic ring is 1. The molecular formula is C11H10N2OS. The van der Waals surface area contributed by atoms with Crippen molar-refractivity contribution >= 4 is 16.5 Å². The highest BCUT2D eigenvalue weighted by Gasteiger charge is 2.20. The summed E-state index contributed by atoms with van der Waals surface area (Å²) in [4.78, 5) is 5.59. The van der Waals surface area contributed by atoms with E-state index in [1.54, 1.807) is 17.4 Å². The third kappa shape index (κ3) is 1.29. The number of rotatable bonds is 0. The molecule has 1 aliphatic rings. The molecule has 0 saturated heterocycles. The van der Waals surface area contributed by atoms with Gasteiger partial charge in [-0.1, -0.05) is 0 Å². The van der Waals surface area contributed by atoms with Crippen LogP contribution in [0.25, 0.3) is 11.3 Å². The van der Waals surface area contributed by atoms with E-state index in [0.717, 1.165) is 29.7 Å². The molecule has 76 valence electrons. The van der Waals surface area contributed by atoms with Gasteiger partial charge in [0.15, 0.2) is 5.13 Å². The van der Waals surface area contributed by atoms with Crippen LogP contribution in [0.5, 0.6) is 5.75 Å². The second-order valence-electron chi connectivity index (χ2n) is 3.67. The summed E-state index contributed by atoms with van der Waals surface area (Å²) < 4.78 is 0. The van der Waals surface area contributed by atoms with Crippen molar-refractivity contribution in [2.24, 2.45) is 0 Å². The van der Waals surface area contributed by atoms with Crippen LogP contribution >= 0.6 is 11.3 Å². The molecule has 0 aliphatic heterocycles. The molecule has 1 aliphatic carbocycles. The lowest BCUT2D eigenvalue weighted by molar-refractivity contribution is 0.474. The fraction of sp³-hybridized carbons (Fsp3) is 0.182. The monoisotopic (exact) mass is 218 g/mol. The number of fused-ring (bicyclic) bond motifs is 3. The Bertz CT molecular complexity index is 533. The number of aryl methyl sites for hydroxylation is 2. The van der Waals surface area contributed by atoms with Crippen molar-refractivity contribution in [2.75, 3.05) is 5.73 Å². The van der Waals surface area contributed by atoms with Gasteiger partial charge in [0.1, 0.15) is 5.75 Å². The maximum Gasteiger partial charge on any atom is 0.180 e. The number of hydrogen-bond acceptors (Lipinski definition) is 4. The SMILES string of the molecule is Nc1nc2c(s1)CCc1cc(O)ccc1-2. The number of aromatic hydroxyl groups is 1. The Kier molecular flexibility index (Phi) is 1.73. The predicted molar refractivity (Wildman–Crippen MR) is 61.0 cm³/mol. The van der Waals surface area contributed by atoms with Gasteiger partial charge in [0, 0.05) is 10.4 Å². The first kappa shape index (κ1) is 8.73. The third-order valence-electron chi connectivity index (χ3n) is 2.68. The maximum absolute atomic E-state index is 9.40. The molecule has 0 atom stereocenters. The summed E-state index contributed by atoms with van der Waals surface area (Å²) in [6.07, 6.45) is 1.93. The Hall–Kier alpha value is -1.55. The quantitative estimate of drug-likeness (QED) is 0.712. The smallest absolute Gasteiger partial charge is 0.180 e. The van der Waals surface area contributed by atoms with Gasteiger partial charge in [0.2, 0.25) is 0 Å². The topological polar surface area (TPSA) is 59.1 Å². The highest BCUT2D eigenvalue weighted by atomic mass is 32.1. The number of phenols is 1. The first-order valence-corrected chi connectivity index (χ1v) is 5.63. The van der Waals surface area contributed by atoms with Crippen LogP contribution in [-0.2, 0) is 12.8 Å². The van der Waals surface area contributed by atoms with Crippen molar-refractivity contribution < 1.29 is 5.11 Å². The number of anilines is 1. The van der Waals surface area contributed by atoms with Gasteiger partial charge in [-0.2, -0.15) is 0 Å². The van der Waals surface area contributed by atoms with Crippen LogP contribution < -0.4 is 5.73 Å². The van der Waals surface area contributed by atoms with Crippen LogP contribution in [0.1, 0.15) is 10.4 Å². The maximum atomic E-state index is 9.40. The molecule has 1 heterocycles. The highest BCUT2D eigenvalue weighted by Crippen LogP contribution is 2.38. The number of nitrogens with two attached hydrogens (primary N) is 1. The summed E-state index contributed by atoms with van der Waals surface area (Å²) in [6.45, 7) is 0. The summed E-state index contributed by atoms with van der Waals surface area (Å²) in [5.41, 5.74) is 8.98. The van der Waals surface area contributed by atoms with E-state index in [0.29, 0.717) is 10.9 Å². The van der Waals surface area contributed by atoms with Crippen molar-refractivity contribution in [1.29, 1.82) is 0 Å². The third-order valence-corrected chi connectivity index (χ3v) is 3.62. The number of aromatic nitrogens is 1. The number of benzene rings is 1. The first-order chi connectivity index (χ1) is 7.24. The molecule has 3 rings (SSSR count). The van der Waals surface area contributed by atoms with Crippen molar-refractivity contribution in [3.8, 4) is 17.0 Å². The van der Waals surface area contributed by atoms with Gasteiger partial charge in [0.05, 0.1) is 5.69 Å². The minimum Gasteiger partial charge on any atom is -0.508 e. The number of hydrogen-bond donors (Lipinski definition) is 2. The summed E-state index contributed by atoms with van der Waals surface area (Å²) in [6, 6.07) is 5.43. The second-order valence-corrected chi connectivity index (χ2v) is 4.78. The molecule has 1 aromatic carbocycles. The van der Waals surface area contributed by atoms with E-state index in [1.807, 2.05) is 12.1 Å². The average molecular weight is 218 g/mol. The summed E-state index contributed by atoms with van der Waals surface area (Å²) in [5, 5.41) is 10.0. The molecule has 3 nitrogen and oxygen atoms in total. The molecule has 0 fully saturated rings. The van der Waals surface area contributed by atoms with Crippen molar-refractivity contribution in [3.05, 3.63) is 28.6 Å². The minimum absolute atomic E-state index is 0.320. The summed E-state index contributed by atoms with van der Waals surface area (Å²) in [7, 11) is 0. The molecule has 0 unspecified atom stereocenters. The number of thiazole rings is 1. The molecule has 3 N–H and O–H groups in total. The molecule has 2 aromatic rings. The normalized spacial score (nSPS) is 13.3. The molecule has 1 aromatic heterocycles. The lowest BCUT2D eigenvalue weighted by Gasteiger charge is -2.14. The van der Waals surface area contributed by atoms with Crippen molar-refractivity contribution in [1.82, 2.24) is 4.98 Å². The zero-order chi connectivity index (χ0) is 10.4. The molecule has 15 heavy (non-hydrogen) atoms. The largest absolute Gasteiger partial charge is 0.508 e. The fourth-order valence-electron chi connectivity index (χ4n) is 2.02. The Morgan fingerprint density at radius 2 is 2.20 bits per heavy atom. The van der Waals surface area contributed by atoms with Gasteiger partial charge in [-0.15, -0.1) is 11.3 Å². The van der Waals surface area contributed by atoms with Crippen LogP contribution in [-0.4, -0.2) is 10.1 Å². The zero-order valence-electron chi connectivity index (χ0n) is 8.03. The van der Waals surface area contributed by atoms with Crippen molar-refractivity contribution in [3.63, 3.8) is 0 Å². The van der Waals surface area contributed by atoms with Gasteiger partial charge in [-0.25, -0.2) is 4.98 Å². The van der Waals surface area contributed by atoms with Gasteiger partial charge < -0.3 is 10.8 Å². The molecular weight excluding hydrogens is 208 g/mol. The van der Waals surface area contributed by atoms with Gasteiger partial charge in [-0.3, -0.25) is 0 Å². The van der Waals surface area contributed by atoms with E-state index in [4.69, 9.17) is 5.73 Å². The van der Waals surface area contributed by atoms with Gasteiger partial charge in [0.25, 0.3) is 0 Å². The Morgan fingerprint density at radius 1 is 1.33 bits per heavy atom. The van der Waals surface area contributed by atoms with E-state index >= 15 is 0 Å². The number of nitrogens with zero attached hydrogens (tertiary/aromatic N) is 1. The van der Waals surface area contributed by atoms with Gasteiger partial charge >= 0.3 is 0 Å². The second kappa shape index (κ2) is 2.97. The average Bonchev–Trinajstić information content (AvgIpc) is 2.58. The highest BCUT2D eigenvalue weighted by molar-refractivity contribution is 7.15. The van der Waals surface area contributed by atoms with E-state index in [9.17, 15) is 5.11 Å². The van der Waals surface area contributed by atoms with E-state index in [2.05, 4.69) is 4.98 Å². The summed E-state index contributed by atoms with van der Waals surface area (Å²) >= 11 is 1.56. The predicted octanol–water partition coefficient (Wildman–Crippen LogP) is 2.20. The van der Waals surface area contributed by atoms with Crippen LogP contribution in [0, 0.1) is 0 Å². The Labute approximate surface area is 91.2 Å². The lowest BCUT2D eigenvalue weighted by atomic mass is 9.93. The van der Waals surface area contributed by atoms with Crippen LogP contribution in [0.4, 0.5) is 5.13 Å². The van der Waals surface area contributed by atoms with Gasteiger partial charge in [-0.05, 0) is 36.6 Å². The Balaban J connectivity index is 2.25. The Morgan fingerprint density at radius 3 is 3.07 bits per heavy atom. The van der Waals surface area contributed by atoms with E-state index in [-0.39, 0.29) is 0 Å².